The maximum atomic E-state index is 11.5. The van der Waals surface area contributed by atoms with Gasteiger partial charge in [0.05, 0.1) is 4.90 Å². The summed E-state index contributed by atoms with van der Waals surface area (Å²) in [6, 6.07) is 15.6. The van der Waals surface area contributed by atoms with Crippen molar-refractivity contribution in [3.8, 4) is 0 Å². The minimum Gasteiger partial charge on any atom is -0.356 e. The monoisotopic (exact) mass is 499 g/mol. The first-order valence-corrected chi connectivity index (χ1v) is 10.7. The van der Waals surface area contributed by atoms with Crippen molar-refractivity contribution in [2.24, 2.45) is 4.99 Å². The number of benzene rings is 2. The zero-order valence-corrected chi connectivity index (χ0v) is 18.8. The van der Waals surface area contributed by atoms with Gasteiger partial charge in [-0.1, -0.05) is 36.4 Å². The lowest BCUT2D eigenvalue weighted by atomic mass is 10.0. The van der Waals surface area contributed by atoms with Crippen LogP contribution in [0.3, 0.4) is 0 Å². The number of guanidine groups is 1. The molecule has 0 spiro atoms. The Morgan fingerprint density at radius 1 is 1.11 bits per heavy atom. The average molecular weight is 499 g/mol. The van der Waals surface area contributed by atoms with Gasteiger partial charge in [-0.15, -0.1) is 24.0 Å². The Morgan fingerprint density at radius 3 is 2.41 bits per heavy atom. The number of hydrogen-bond donors (Lipinski definition) is 1. The molecule has 0 saturated heterocycles. The summed E-state index contributed by atoms with van der Waals surface area (Å²) in [5, 5.41) is 3.42. The van der Waals surface area contributed by atoms with Crippen molar-refractivity contribution in [1.29, 1.82) is 0 Å². The molecule has 0 saturated carbocycles. The lowest BCUT2D eigenvalue weighted by Crippen LogP contribution is -2.44. The van der Waals surface area contributed by atoms with Crippen LogP contribution in [0.5, 0.6) is 0 Å². The van der Waals surface area contributed by atoms with E-state index in [0.717, 1.165) is 44.0 Å². The van der Waals surface area contributed by atoms with Gasteiger partial charge >= 0.3 is 0 Å². The van der Waals surface area contributed by atoms with Gasteiger partial charge in [-0.2, -0.15) is 0 Å². The van der Waals surface area contributed by atoms with E-state index >= 15 is 0 Å². The third-order valence-corrected chi connectivity index (χ3v) is 5.82. The number of aliphatic imine (C=N–C) groups is 1. The SMILES string of the molecule is CN=C(NCCc1ccc(S(C)(=O)=O)cc1)N1CCc2ccccc2C1.I. The fraction of sp³-hybridized carbons (Fsp3) is 0.350. The highest BCUT2D eigenvalue weighted by atomic mass is 127. The number of halogens is 1. The van der Waals surface area contributed by atoms with Crippen molar-refractivity contribution in [2.75, 3.05) is 26.4 Å². The van der Waals surface area contributed by atoms with Crippen LogP contribution in [0.25, 0.3) is 0 Å². The van der Waals surface area contributed by atoms with Gasteiger partial charge in [0.25, 0.3) is 0 Å². The van der Waals surface area contributed by atoms with E-state index < -0.39 is 9.84 Å². The van der Waals surface area contributed by atoms with E-state index in [4.69, 9.17) is 0 Å². The molecule has 146 valence electrons. The molecule has 1 heterocycles. The van der Waals surface area contributed by atoms with Crippen molar-refractivity contribution in [3.63, 3.8) is 0 Å². The summed E-state index contributed by atoms with van der Waals surface area (Å²) < 4.78 is 23.0. The first kappa shape index (κ1) is 21.7. The third-order valence-electron chi connectivity index (χ3n) is 4.69. The smallest absolute Gasteiger partial charge is 0.193 e. The van der Waals surface area contributed by atoms with Crippen molar-refractivity contribution < 1.29 is 8.42 Å². The Hall–Kier alpha value is -1.61. The van der Waals surface area contributed by atoms with E-state index in [1.165, 1.54) is 17.4 Å². The zero-order chi connectivity index (χ0) is 18.6. The molecule has 0 unspecified atom stereocenters. The molecule has 0 aromatic heterocycles. The Kier molecular flexibility index (Phi) is 7.67. The molecule has 0 atom stereocenters. The van der Waals surface area contributed by atoms with Gasteiger partial charge in [0.1, 0.15) is 0 Å². The molecule has 1 aliphatic rings. The molecule has 3 rings (SSSR count). The lowest BCUT2D eigenvalue weighted by molar-refractivity contribution is 0.379. The summed E-state index contributed by atoms with van der Waals surface area (Å²) in [7, 11) is -1.33. The maximum Gasteiger partial charge on any atom is 0.193 e. The van der Waals surface area contributed by atoms with E-state index in [9.17, 15) is 8.42 Å². The standard InChI is InChI=1S/C20H25N3O2S.HI/c1-21-20(23-14-12-17-5-3-4-6-18(17)15-23)22-13-11-16-7-9-19(10-8-16)26(2,24)25;/h3-10H,11-15H2,1-2H3,(H,21,22);1H. The molecule has 0 fully saturated rings. The summed E-state index contributed by atoms with van der Waals surface area (Å²) >= 11 is 0. The molecule has 2 aromatic rings. The highest BCUT2D eigenvalue weighted by Gasteiger charge is 2.18. The molecule has 1 N–H and O–H groups in total. The average Bonchev–Trinajstić information content (AvgIpc) is 2.64. The Morgan fingerprint density at radius 2 is 1.78 bits per heavy atom. The lowest BCUT2D eigenvalue weighted by Gasteiger charge is -2.31. The van der Waals surface area contributed by atoms with Crippen LogP contribution >= 0.6 is 24.0 Å². The molecule has 0 bridgehead atoms. The van der Waals surface area contributed by atoms with Crippen LogP contribution in [0, 0.1) is 0 Å². The summed E-state index contributed by atoms with van der Waals surface area (Å²) in [6.07, 6.45) is 3.07. The van der Waals surface area contributed by atoms with Crippen LogP contribution in [0.15, 0.2) is 58.4 Å². The number of sulfone groups is 1. The Labute approximate surface area is 178 Å². The van der Waals surface area contributed by atoms with Gasteiger partial charge in [0.15, 0.2) is 15.8 Å². The molecule has 1 aliphatic heterocycles. The van der Waals surface area contributed by atoms with E-state index in [2.05, 4.69) is 39.5 Å². The van der Waals surface area contributed by atoms with Crippen molar-refractivity contribution in [1.82, 2.24) is 10.2 Å². The number of rotatable bonds is 4. The summed E-state index contributed by atoms with van der Waals surface area (Å²) in [5.74, 6) is 0.909. The van der Waals surface area contributed by atoms with Crippen LogP contribution in [0.4, 0.5) is 0 Å². The fourth-order valence-electron chi connectivity index (χ4n) is 3.23. The van der Waals surface area contributed by atoms with Crippen LogP contribution < -0.4 is 5.32 Å². The fourth-order valence-corrected chi connectivity index (χ4v) is 3.86. The van der Waals surface area contributed by atoms with Gasteiger partial charge in [-0.05, 0) is 41.7 Å². The number of nitrogens with zero attached hydrogens (tertiary/aromatic N) is 2. The van der Waals surface area contributed by atoms with Crippen LogP contribution in [-0.2, 0) is 29.2 Å². The van der Waals surface area contributed by atoms with Crippen LogP contribution in [0.2, 0.25) is 0 Å². The largest absolute Gasteiger partial charge is 0.356 e. The van der Waals surface area contributed by atoms with E-state index in [0.29, 0.717) is 4.90 Å². The number of fused-ring (bicyclic) bond motifs is 1. The van der Waals surface area contributed by atoms with E-state index in [-0.39, 0.29) is 24.0 Å². The van der Waals surface area contributed by atoms with Crippen molar-refractivity contribution >= 4 is 39.8 Å². The quantitative estimate of drug-likeness (QED) is 0.400. The van der Waals surface area contributed by atoms with Crippen LogP contribution in [-0.4, -0.2) is 45.7 Å². The molecule has 5 nitrogen and oxygen atoms in total. The van der Waals surface area contributed by atoms with Crippen molar-refractivity contribution in [2.45, 2.75) is 24.3 Å². The molecular weight excluding hydrogens is 473 g/mol. The molecule has 7 heteroatoms. The molecule has 0 amide bonds. The second-order valence-corrected chi connectivity index (χ2v) is 8.60. The first-order chi connectivity index (χ1) is 12.5. The molecule has 0 radical (unpaired) electrons. The molecular formula is C20H26IN3O2S. The zero-order valence-electron chi connectivity index (χ0n) is 15.7. The molecule has 2 aromatic carbocycles. The minimum atomic E-state index is -3.14. The van der Waals surface area contributed by atoms with Gasteiger partial charge in [-0.25, -0.2) is 8.42 Å². The Balaban J connectivity index is 0.00000261. The van der Waals surface area contributed by atoms with Crippen molar-refractivity contribution in [3.05, 3.63) is 65.2 Å². The maximum absolute atomic E-state index is 11.5. The third kappa shape index (κ3) is 5.68. The first-order valence-electron chi connectivity index (χ1n) is 8.79. The van der Waals surface area contributed by atoms with Crippen LogP contribution in [0.1, 0.15) is 16.7 Å². The van der Waals surface area contributed by atoms with E-state index in [1.54, 1.807) is 12.1 Å². The highest BCUT2D eigenvalue weighted by molar-refractivity contribution is 14.0. The minimum absolute atomic E-state index is 0. The molecule has 27 heavy (non-hydrogen) atoms. The predicted molar refractivity (Wildman–Crippen MR) is 121 cm³/mol. The predicted octanol–water partition coefficient (Wildman–Crippen LogP) is 2.88. The summed E-state index contributed by atoms with van der Waals surface area (Å²) in [5.41, 5.74) is 3.88. The van der Waals surface area contributed by atoms with Gasteiger partial charge in [-0.3, -0.25) is 4.99 Å². The summed E-state index contributed by atoms with van der Waals surface area (Å²) in [6.45, 7) is 2.59. The second-order valence-electron chi connectivity index (χ2n) is 6.58. The highest BCUT2D eigenvalue weighted by Crippen LogP contribution is 2.18. The van der Waals surface area contributed by atoms with E-state index in [1.807, 2.05) is 19.2 Å². The second kappa shape index (κ2) is 9.54. The normalized spacial score (nSPS) is 14.3. The van der Waals surface area contributed by atoms with Gasteiger partial charge < -0.3 is 10.2 Å². The topological polar surface area (TPSA) is 61.8 Å². The van der Waals surface area contributed by atoms with Gasteiger partial charge in [0, 0.05) is 32.9 Å². The molecule has 0 aliphatic carbocycles. The summed E-state index contributed by atoms with van der Waals surface area (Å²) in [4.78, 5) is 7.05. The van der Waals surface area contributed by atoms with Gasteiger partial charge in [0.2, 0.25) is 0 Å². The Bertz CT molecular complexity index is 896. The number of hydrogen-bond acceptors (Lipinski definition) is 3. The number of nitrogens with one attached hydrogen (secondary N) is 1.